The molecule has 0 radical (unpaired) electrons. The summed E-state index contributed by atoms with van der Waals surface area (Å²) in [7, 11) is 1.57. The zero-order chi connectivity index (χ0) is 30.1. The third-order valence-corrected chi connectivity index (χ3v) is 9.14. The van der Waals surface area contributed by atoms with Crippen LogP contribution < -0.4 is 15.0 Å². The van der Waals surface area contributed by atoms with Crippen molar-refractivity contribution < 1.29 is 19.4 Å². The first kappa shape index (κ1) is 28.5. The number of unbranched alkanes of at least 4 members (excludes halogenated alkanes) is 2. The Bertz CT molecular complexity index is 2000. The van der Waals surface area contributed by atoms with E-state index in [9.17, 15) is 14.7 Å². The number of aryl methyl sites for hydroxylation is 1. The Labute approximate surface area is 253 Å². The molecule has 0 aliphatic carbocycles. The van der Waals surface area contributed by atoms with Gasteiger partial charge in [0.05, 0.1) is 18.6 Å². The molecule has 2 heterocycles. The van der Waals surface area contributed by atoms with Crippen molar-refractivity contribution in [3.63, 3.8) is 0 Å². The van der Waals surface area contributed by atoms with E-state index in [2.05, 4.69) is 37.3 Å². The number of aromatic nitrogens is 1. The molecule has 0 spiro atoms. The molecule has 0 saturated carbocycles. The third-order valence-electron chi connectivity index (χ3n) is 7.94. The van der Waals surface area contributed by atoms with E-state index in [1.165, 1.54) is 21.8 Å². The molecule has 0 atom stereocenters. The number of carbonyl (C=O) groups is 1. The largest absolute Gasteiger partial charge is 0.493 e. The summed E-state index contributed by atoms with van der Waals surface area (Å²) in [4.78, 5) is 27.3. The van der Waals surface area contributed by atoms with Gasteiger partial charge in [-0.15, -0.1) is 11.3 Å². The van der Waals surface area contributed by atoms with Crippen LogP contribution in [0.15, 0.2) is 83.7 Å². The Kier molecular flexibility index (Phi) is 7.91. The molecule has 6 nitrogen and oxygen atoms in total. The summed E-state index contributed by atoms with van der Waals surface area (Å²) in [6.07, 6.45) is 3.66. The van der Waals surface area contributed by atoms with E-state index in [-0.39, 0.29) is 5.69 Å². The van der Waals surface area contributed by atoms with Gasteiger partial charge in [0.1, 0.15) is 10.6 Å². The van der Waals surface area contributed by atoms with Gasteiger partial charge in [-0.25, -0.2) is 4.79 Å². The van der Waals surface area contributed by atoms with Crippen LogP contribution in [0, 0.1) is 6.92 Å². The third kappa shape index (κ3) is 5.25. The van der Waals surface area contributed by atoms with Crippen molar-refractivity contribution in [3.8, 4) is 21.9 Å². The molecular formula is C36H33NO5S. The van der Waals surface area contributed by atoms with Gasteiger partial charge in [-0.2, -0.15) is 0 Å². The molecule has 0 aliphatic rings. The molecular weight excluding hydrogens is 558 g/mol. The fourth-order valence-electron chi connectivity index (χ4n) is 5.88. The van der Waals surface area contributed by atoms with Crippen molar-refractivity contribution in [3.05, 3.63) is 112 Å². The van der Waals surface area contributed by atoms with Crippen LogP contribution in [0.5, 0.6) is 11.5 Å². The van der Waals surface area contributed by atoms with Gasteiger partial charge in [0.2, 0.25) is 0 Å². The van der Waals surface area contributed by atoms with Gasteiger partial charge in [-0.3, -0.25) is 9.20 Å². The van der Waals surface area contributed by atoms with Crippen LogP contribution in [0.25, 0.3) is 36.8 Å². The minimum Gasteiger partial charge on any atom is -0.493 e. The lowest BCUT2D eigenvalue weighted by Crippen LogP contribution is -2.19. The van der Waals surface area contributed by atoms with Crippen LogP contribution in [0.1, 0.15) is 53.4 Å². The molecule has 0 saturated heterocycles. The summed E-state index contributed by atoms with van der Waals surface area (Å²) in [5.74, 6) is 0.107. The molecule has 1 N–H and O–H groups in total. The smallest absolute Gasteiger partial charge is 0.354 e. The molecule has 6 aromatic rings. The summed E-state index contributed by atoms with van der Waals surface area (Å²) in [6.45, 7) is 4.74. The Balaban J connectivity index is 1.50. The number of hydrogen-bond acceptors (Lipinski definition) is 5. The van der Waals surface area contributed by atoms with Crippen LogP contribution in [-0.2, 0) is 6.42 Å². The number of benzene rings is 4. The molecule has 0 unspecified atom stereocenters. The number of carboxylic acid groups (broad SMARTS) is 1. The first-order valence-corrected chi connectivity index (χ1v) is 15.3. The number of carboxylic acids is 1. The van der Waals surface area contributed by atoms with Crippen LogP contribution in [-0.4, -0.2) is 29.2 Å². The van der Waals surface area contributed by atoms with E-state index in [1.54, 1.807) is 7.11 Å². The highest BCUT2D eigenvalue weighted by Crippen LogP contribution is 2.40. The zero-order valence-corrected chi connectivity index (χ0v) is 25.3. The van der Waals surface area contributed by atoms with Gasteiger partial charge in [0, 0.05) is 18.1 Å². The maximum absolute atomic E-state index is 13.7. The van der Waals surface area contributed by atoms with Crippen molar-refractivity contribution in [2.24, 2.45) is 0 Å². The van der Waals surface area contributed by atoms with Crippen molar-refractivity contribution in [1.82, 2.24) is 4.40 Å². The average Bonchev–Trinajstić information content (AvgIpc) is 3.42. The Morgan fingerprint density at radius 3 is 2.26 bits per heavy atom. The lowest BCUT2D eigenvalue weighted by molar-refractivity contribution is 0.0690. The standard InChI is InChI=1S/C36H33NO5S/c1-4-5-10-17-42-30-16-15-25(18-22(30)2)34-32(36(39)40)37-31(38)21-26(33(41-3)35(37)43-34)20-29-27-13-8-6-11-23(27)19-24-12-7-9-14-28(24)29/h6-9,11-16,18-19,21H,4-5,10,17,20H2,1-3H3,(H,39,40). The van der Waals surface area contributed by atoms with Gasteiger partial charge in [0.25, 0.3) is 5.56 Å². The van der Waals surface area contributed by atoms with Crippen molar-refractivity contribution in [2.45, 2.75) is 39.5 Å². The minimum atomic E-state index is -1.17. The number of methoxy groups -OCH3 is 1. The molecule has 43 heavy (non-hydrogen) atoms. The van der Waals surface area contributed by atoms with Crippen molar-refractivity contribution in [1.29, 1.82) is 0 Å². The van der Waals surface area contributed by atoms with E-state index in [0.29, 0.717) is 39.6 Å². The van der Waals surface area contributed by atoms with E-state index < -0.39 is 11.5 Å². The number of fused-ring (bicyclic) bond motifs is 3. The summed E-state index contributed by atoms with van der Waals surface area (Å²) in [5, 5.41) is 14.8. The molecule has 0 amide bonds. The molecule has 218 valence electrons. The second-order valence-corrected chi connectivity index (χ2v) is 11.8. The van der Waals surface area contributed by atoms with Gasteiger partial charge in [-0.1, -0.05) is 68.3 Å². The highest BCUT2D eigenvalue weighted by atomic mass is 32.1. The van der Waals surface area contributed by atoms with Crippen LogP contribution >= 0.6 is 11.3 Å². The van der Waals surface area contributed by atoms with Crippen LogP contribution in [0.2, 0.25) is 0 Å². The summed E-state index contributed by atoms with van der Waals surface area (Å²) < 4.78 is 13.2. The monoisotopic (exact) mass is 591 g/mol. The number of nitrogens with zero attached hydrogens (tertiary/aromatic N) is 1. The lowest BCUT2D eigenvalue weighted by Gasteiger charge is -2.14. The van der Waals surface area contributed by atoms with Crippen LogP contribution in [0.3, 0.4) is 0 Å². The quantitative estimate of drug-likeness (QED) is 0.128. The number of aromatic carboxylic acids is 1. The fourth-order valence-corrected chi connectivity index (χ4v) is 7.18. The molecule has 0 aliphatic heterocycles. The van der Waals surface area contributed by atoms with Gasteiger partial charge >= 0.3 is 5.97 Å². The predicted octanol–water partition coefficient (Wildman–Crippen LogP) is 8.51. The van der Waals surface area contributed by atoms with E-state index in [4.69, 9.17) is 9.47 Å². The van der Waals surface area contributed by atoms with Gasteiger partial charge in [0.15, 0.2) is 11.4 Å². The maximum atomic E-state index is 13.7. The molecule has 7 heteroatoms. The summed E-state index contributed by atoms with van der Waals surface area (Å²) in [5.41, 5.74) is 2.96. The predicted molar refractivity (Wildman–Crippen MR) is 175 cm³/mol. The van der Waals surface area contributed by atoms with Crippen molar-refractivity contribution in [2.75, 3.05) is 13.7 Å². The molecule has 0 fully saturated rings. The number of hydrogen-bond donors (Lipinski definition) is 1. The number of ether oxygens (including phenoxy) is 2. The Morgan fingerprint density at radius 2 is 1.63 bits per heavy atom. The number of thiazole rings is 1. The lowest BCUT2D eigenvalue weighted by atomic mass is 9.92. The van der Waals surface area contributed by atoms with Gasteiger partial charge in [-0.05, 0) is 75.8 Å². The molecule has 2 aromatic heterocycles. The first-order chi connectivity index (χ1) is 20.9. The van der Waals surface area contributed by atoms with Crippen molar-refractivity contribution >= 4 is 43.7 Å². The highest BCUT2D eigenvalue weighted by Gasteiger charge is 2.26. The zero-order valence-electron chi connectivity index (χ0n) is 24.5. The fraction of sp³-hybridized carbons (Fsp3) is 0.222. The minimum absolute atomic E-state index is 0.0681. The summed E-state index contributed by atoms with van der Waals surface area (Å²) >= 11 is 1.26. The SMILES string of the molecule is CCCCCOc1ccc(-c2sc3c(OC)c(Cc4c5ccccc5cc5ccccc45)cc(=O)n3c2C(=O)O)cc1C. The Hall–Kier alpha value is -4.62. The molecule has 0 bridgehead atoms. The first-order valence-electron chi connectivity index (χ1n) is 14.5. The number of pyridine rings is 1. The highest BCUT2D eigenvalue weighted by molar-refractivity contribution is 7.21. The summed E-state index contributed by atoms with van der Waals surface area (Å²) in [6, 6.07) is 25.8. The average molecular weight is 592 g/mol. The molecule has 4 aromatic carbocycles. The van der Waals surface area contributed by atoms with E-state index >= 15 is 0 Å². The van der Waals surface area contributed by atoms with E-state index in [0.717, 1.165) is 57.7 Å². The molecule has 6 rings (SSSR count). The van der Waals surface area contributed by atoms with E-state index in [1.807, 2.05) is 49.4 Å². The second-order valence-electron chi connectivity index (χ2n) is 10.8. The second kappa shape index (κ2) is 11.9. The normalized spacial score (nSPS) is 11.4. The Morgan fingerprint density at radius 1 is 0.930 bits per heavy atom. The number of rotatable bonds is 10. The topological polar surface area (TPSA) is 77.2 Å². The van der Waals surface area contributed by atoms with Crippen LogP contribution in [0.4, 0.5) is 0 Å². The maximum Gasteiger partial charge on any atom is 0.354 e. The van der Waals surface area contributed by atoms with Gasteiger partial charge < -0.3 is 14.6 Å².